The minimum absolute atomic E-state index is 0.0818. The molecule has 3 rings (SSSR count). The first-order valence-electron chi connectivity index (χ1n) is 7.68. The van der Waals surface area contributed by atoms with Gasteiger partial charge in [0.1, 0.15) is 18.5 Å². The maximum absolute atomic E-state index is 11.6. The summed E-state index contributed by atoms with van der Waals surface area (Å²) in [4.78, 5) is 22.8. The molecule has 2 amide bonds. The quantitative estimate of drug-likeness (QED) is 0.807. The Balaban J connectivity index is 1.55. The van der Waals surface area contributed by atoms with Crippen LogP contribution in [-0.2, 0) is 11.2 Å². The molecule has 1 saturated heterocycles. The van der Waals surface area contributed by atoms with Crippen LogP contribution < -0.4 is 10.1 Å². The monoisotopic (exact) mass is 377 g/mol. The number of halogens is 1. The molecule has 0 radical (unpaired) electrons. The van der Waals surface area contributed by atoms with E-state index in [1.807, 2.05) is 12.1 Å². The van der Waals surface area contributed by atoms with E-state index >= 15 is 0 Å². The van der Waals surface area contributed by atoms with Crippen LogP contribution in [0.5, 0.6) is 5.75 Å². The minimum atomic E-state index is -0.821. The van der Waals surface area contributed by atoms with E-state index in [0.717, 1.165) is 17.3 Å². The molecule has 0 bridgehead atoms. The van der Waals surface area contributed by atoms with Crippen LogP contribution in [0.2, 0.25) is 5.02 Å². The molecule has 130 valence electrons. The van der Waals surface area contributed by atoms with Crippen LogP contribution in [0.15, 0.2) is 48.5 Å². The number of benzene rings is 2. The molecule has 2 atom stereocenters. The van der Waals surface area contributed by atoms with Crippen LogP contribution in [0.25, 0.3) is 0 Å². The molecule has 2 aromatic rings. The van der Waals surface area contributed by atoms with Gasteiger partial charge in [-0.2, -0.15) is 0 Å². The van der Waals surface area contributed by atoms with Gasteiger partial charge >= 0.3 is 0 Å². The first-order valence-corrected chi connectivity index (χ1v) is 8.94. The number of rotatable bonds is 6. The molecule has 0 aromatic heterocycles. The number of imide groups is 1. The van der Waals surface area contributed by atoms with Crippen LogP contribution >= 0.6 is 23.4 Å². The number of carbonyl (C=O) groups is 2. The van der Waals surface area contributed by atoms with Crippen LogP contribution in [-0.4, -0.2) is 28.1 Å². The Bertz CT molecular complexity index is 781. The van der Waals surface area contributed by atoms with Crippen molar-refractivity contribution in [2.75, 3.05) is 6.61 Å². The molecule has 0 saturated carbocycles. The van der Waals surface area contributed by atoms with Crippen molar-refractivity contribution >= 4 is 34.5 Å². The summed E-state index contributed by atoms with van der Waals surface area (Å²) in [5.41, 5.74) is 1.55. The topological polar surface area (TPSA) is 75.6 Å². The zero-order valence-corrected chi connectivity index (χ0v) is 14.7. The lowest BCUT2D eigenvalue weighted by Gasteiger charge is -2.14. The van der Waals surface area contributed by atoms with Crippen molar-refractivity contribution in [2.24, 2.45) is 0 Å². The number of aliphatic hydroxyl groups is 1. The summed E-state index contributed by atoms with van der Waals surface area (Å²) in [6.07, 6.45) is -0.344. The predicted octanol–water partition coefficient (Wildman–Crippen LogP) is 3.35. The molecule has 1 aliphatic rings. The van der Waals surface area contributed by atoms with Crippen molar-refractivity contribution < 1.29 is 19.4 Å². The summed E-state index contributed by atoms with van der Waals surface area (Å²) >= 11 is 7.06. The Labute approximate surface area is 154 Å². The van der Waals surface area contributed by atoms with Crippen molar-refractivity contribution in [1.29, 1.82) is 0 Å². The van der Waals surface area contributed by atoms with E-state index in [1.54, 1.807) is 36.4 Å². The Morgan fingerprint density at radius 1 is 1.16 bits per heavy atom. The predicted molar refractivity (Wildman–Crippen MR) is 97.0 cm³/mol. The second-order valence-electron chi connectivity index (χ2n) is 5.58. The van der Waals surface area contributed by atoms with Crippen LogP contribution in [0.1, 0.15) is 17.2 Å². The third-order valence-corrected chi connectivity index (χ3v) is 5.11. The first kappa shape index (κ1) is 17.8. The molecule has 5 nitrogen and oxygen atoms in total. The SMILES string of the molecule is O=C1NC(=O)C(Cc2ccc(OC[C@H](O)c3ccccc3Cl)cc2)S1. The smallest absolute Gasteiger partial charge is 0.286 e. The number of hydrogen-bond donors (Lipinski definition) is 2. The molecule has 0 spiro atoms. The number of amides is 2. The van der Waals surface area contributed by atoms with Gasteiger partial charge in [0.2, 0.25) is 5.91 Å². The number of carbonyl (C=O) groups excluding carboxylic acids is 2. The molecule has 7 heteroatoms. The van der Waals surface area contributed by atoms with Gasteiger partial charge in [-0.25, -0.2) is 0 Å². The zero-order valence-electron chi connectivity index (χ0n) is 13.1. The van der Waals surface area contributed by atoms with Crippen LogP contribution in [0.4, 0.5) is 4.79 Å². The minimum Gasteiger partial charge on any atom is -0.491 e. The van der Waals surface area contributed by atoms with Crippen LogP contribution in [0, 0.1) is 0 Å². The highest BCUT2D eigenvalue weighted by Gasteiger charge is 2.31. The molecule has 2 aromatic carbocycles. The standard InChI is InChI=1S/C18H16ClNO4S/c19-14-4-2-1-3-13(14)15(21)10-24-12-7-5-11(6-8-12)9-16-17(22)20-18(23)25-16/h1-8,15-16,21H,9-10H2,(H,20,22,23)/t15-,16?/m0/s1. The summed E-state index contributed by atoms with van der Waals surface area (Å²) in [6.45, 7) is 0.0818. The highest BCUT2D eigenvalue weighted by Crippen LogP contribution is 2.25. The van der Waals surface area contributed by atoms with Crippen molar-refractivity contribution in [1.82, 2.24) is 5.32 Å². The molecule has 1 heterocycles. The Hall–Kier alpha value is -2.02. The fourth-order valence-corrected chi connectivity index (χ4v) is 3.60. The maximum atomic E-state index is 11.6. The highest BCUT2D eigenvalue weighted by molar-refractivity contribution is 8.15. The average Bonchev–Trinajstić information content (AvgIpc) is 2.91. The van der Waals surface area contributed by atoms with Crippen molar-refractivity contribution in [3.63, 3.8) is 0 Å². The number of thioether (sulfide) groups is 1. The molecule has 1 unspecified atom stereocenters. The second kappa shape index (κ2) is 7.91. The summed E-state index contributed by atoms with van der Waals surface area (Å²) < 4.78 is 5.59. The molecule has 1 aliphatic heterocycles. The van der Waals surface area contributed by atoms with Gasteiger partial charge in [0.25, 0.3) is 5.24 Å². The normalized spacial score (nSPS) is 18.1. The van der Waals surface area contributed by atoms with Gasteiger partial charge in [0.05, 0.1) is 5.25 Å². The Kier molecular flexibility index (Phi) is 5.63. The first-order chi connectivity index (χ1) is 12.0. The number of nitrogens with one attached hydrogen (secondary N) is 1. The van der Waals surface area contributed by atoms with E-state index < -0.39 is 6.10 Å². The van der Waals surface area contributed by atoms with Gasteiger partial charge in [-0.3, -0.25) is 14.9 Å². The maximum Gasteiger partial charge on any atom is 0.286 e. The zero-order chi connectivity index (χ0) is 17.8. The second-order valence-corrected chi connectivity index (χ2v) is 7.16. The number of ether oxygens (including phenoxy) is 1. The van der Waals surface area contributed by atoms with Crippen molar-refractivity contribution in [2.45, 2.75) is 17.8 Å². The summed E-state index contributed by atoms with van der Waals surface area (Å²) in [7, 11) is 0. The fraction of sp³-hybridized carbons (Fsp3) is 0.222. The lowest BCUT2D eigenvalue weighted by atomic mass is 10.1. The van der Waals surface area contributed by atoms with E-state index in [9.17, 15) is 14.7 Å². The van der Waals surface area contributed by atoms with E-state index in [2.05, 4.69) is 5.32 Å². The van der Waals surface area contributed by atoms with Crippen molar-refractivity contribution in [3.8, 4) is 5.75 Å². The van der Waals surface area contributed by atoms with Gasteiger partial charge in [-0.05, 0) is 30.2 Å². The van der Waals surface area contributed by atoms with Gasteiger partial charge in [0, 0.05) is 10.6 Å². The number of aliphatic hydroxyl groups excluding tert-OH is 1. The number of hydrogen-bond acceptors (Lipinski definition) is 5. The Morgan fingerprint density at radius 3 is 2.52 bits per heavy atom. The van der Waals surface area contributed by atoms with Gasteiger partial charge in [-0.15, -0.1) is 0 Å². The third-order valence-electron chi connectivity index (χ3n) is 3.78. The summed E-state index contributed by atoms with van der Waals surface area (Å²) in [6, 6.07) is 14.3. The molecular formula is C18H16ClNO4S. The molecule has 0 aliphatic carbocycles. The van der Waals surface area contributed by atoms with E-state index in [0.29, 0.717) is 22.8 Å². The summed E-state index contributed by atoms with van der Waals surface area (Å²) in [5.74, 6) is 0.354. The average molecular weight is 378 g/mol. The van der Waals surface area contributed by atoms with Crippen LogP contribution in [0.3, 0.4) is 0 Å². The largest absolute Gasteiger partial charge is 0.491 e. The van der Waals surface area contributed by atoms with Gasteiger partial charge in [-0.1, -0.05) is 53.7 Å². The molecule has 25 heavy (non-hydrogen) atoms. The molecular weight excluding hydrogens is 362 g/mol. The molecule has 1 fully saturated rings. The van der Waals surface area contributed by atoms with Gasteiger partial charge in [0.15, 0.2) is 0 Å². The fourth-order valence-electron chi connectivity index (χ4n) is 2.47. The van der Waals surface area contributed by atoms with Gasteiger partial charge < -0.3 is 9.84 Å². The Morgan fingerprint density at radius 2 is 1.88 bits per heavy atom. The highest BCUT2D eigenvalue weighted by atomic mass is 35.5. The van der Waals surface area contributed by atoms with E-state index in [4.69, 9.17) is 16.3 Å². The third kappa shape index (κ3) is 4.54. The van der Waals surface area contributed by atoms with Crippen molar-refractivity contribution in [3.05, 3.63) is 64.7 Å². The summed E-state index contributed by atoms with van der Waals surface area (Å²) in [5, 5.41) is 12.3. The lowest BCUT2D eigenvalue weighted by Crippen LogP contribution is -2.25. The van der Waals surface area contributed by atoms with E-state index in [-0.39, 0.29) is 23.0 Å². The lowest BCUT2D eigenvalue weighted by molar-refractivity contribution is -0.118. The van der Waals surface area contributed by atoms with E-state index in [1.165, 1.54) is 0 Å². The molecule has 2 N–H and O–H groups in total.